The number of aliphatic hydroxyl groups is 1. The quantitative estimate of drug-likeness (QED) is 0.230. The van der Waals surface area contributed by atoms with Gasteiger partial charge in [0.05, 0.1) is 13.1 Å². The Labute approximate surface area is 190 Å². The van der Waals surface area contributed by atoms with Crippen LogP contribution in [0.15, 0.2) is 58.0 Å². The topological polar surface area (TPSA) is 73.0 Å². The first-order chi connectivity index (χ1) is 13.5. The first kappa shape index (κ1) is 23.3. The van der Waals surface area contributed by atoms with Gasteiger partial charge in [-0.2, -0.15) is 0 Å². The second-order valence-corrected chi connectivity index (χ2v) is 7.28. The van der Waals surface area contributed by atoms with Gasteiger partial charge in [-0.25, -0.2) is 4.99 Å². The summed E-state index contributed by atoms with van der Waals surface area (Å²) in [6, 6.07) is 12.2. The van der Waals surface area contributed by atoms with E-state index in [-0.39, 0.29) is 24.0 Å². The molecule has 1 aromatic heterocycles. The number of guanidine groups is 1. The van der Waals surface area contributed by atoms with E-state index in [2.05, 4.69) is 56.9 Å². The first-order valence-electron chi connectivity index (χ1n) is 9.78. The molecule has 29 heavy (non-hydrogen) atoms. The normalized spacial score (nSPS) is 15.7. The van der Waals surface area contributed by atoms with Gasteiger partial charge in [-0.05, 0) is 50.6 Å². The van der Waals surface area contributed by atoms with Crippen LogP contribution in [0.5, 0.6) is 0 Å². The van der Waals surface area contributed by atoms with Crippen molar-refractivity contribution < 1.29 is 9.52 Å². The van der Waals surface area contributed by atoms with Gasteiger partial charge in [0, 0.05) is 25.3 Å². The molecule has 7 heteroatoms. The zero-order valence-electron chi connectivity index (χ0n) is 17.3. The lowest BCUT2D eigenvalue weighted by Crippen LogP contribution is -2.44. The molecule has 2 heterocycles. The smallest absolute Gasteiger partial charge is 0.191 e. The van der Waals surface area contributed by atoms with Crippen molar-refractivity contribution >= 4 is 35.6 Å². The van der Waals surface area contributed by atoms with Gasteiger partial charge in [-0.3, -0.25) is 0 Å². The number of hydrogen-bond donors (Lipinski definition) is 3. The number of nitrogens with one attached hydrogen (secondary N) is 2. The van der Waals surface area contributed by atoms with E-state index in [9.17, 15) is 5.11 Å². The van der Waals surface area contributed by atoms with Crippen molar-refractivity contribution in [1.82, 2.24) is 10.6 Å². The van der Waals surface area contributed by atoms with Crippen LogP contribution in [-0.4, -0.2) is 37.2 Å². The third kappa shape index (κ3) is 6.50. The van der Waals surface area contributed by atoms with Crippen LogP contribution in [-0.2, 0) is 12.1 Å². The molecule has 1 aliphatic rings. The summed E-state index contributed by atoms with van der Waals surface area (Å²) < 4.78 is 5.56. The van der Waals surface area contributed by atoms with Gasteiger partial charge in [0.15, 0.2) is 5.96 Å². The largest absolute Gasteiger partial charge is 0.463 e. The minimum absolute atomic E-state index is 0. The fourth-order valence-electron chi connectivity index (χ4n) is 3.08. The molecule has 6 nitrogen and oxygen atoms in total. The number of rotatable bonds is 7. The number of furan rings is 1. The molecule has 3 N–H and O–H groups in total. The zero-order valence-corrected chi connectivity index (χ0v) is 19.6. The van der Waals surface area contributed by atoms with Gasteiger partial charge in [-0.1, -0.05) is 24.3 Å². The average Bonchev–Trinajstić information content (AvgIpc) is 3.37. The molecule has 158 valence electrons. The number of aryl methyl sites for hydroxylation is 1. The highest BCUT2D eigenvalue weighted by Crippen LogP contribution is 2.22. The van der Waals surface area contributed by atoms with Crippen molar-refractivity contribution in [1.29, 1.82) is 0 Å². The Balaban J connectivity index is 0.00000300. The fraction of sp³-hybridized carbons (Fsp3) is 0.409. The SMILES string of the molecule is CCNC(=NCc1ccc(N2CC=CC2)cc1)NCC(C)(O)c1ccc(C)o1.I. The summed E-state index contributed by atoms with van der Waals surface area (Å²) in [7, 11) is 0. The lowest BCUT2D eigenvalue weighted by Gasteiger charge is -2.23. The molecular formula is C22H31IN4O2. The maximum absolute atomic E-state index is 10.7. The van der Waals surface area contributed by atoms with Gasteiger partial charge in [0.25, 0.3) is 0 Å². The van der Waals surface area contributed by atoms with Crippen molar-refractivity contribution in [3.05, 3.63) is 65.6 Å². The van der Waals surface area contributed by atoms with E-state index in [0.29, 0.717) is 24.8 Å². The van der Waals surface area contributed by atoms with Gasteiger partial charge in [0.2, 0.25) is 0 Å². The Morgan fingerprint density at radius 3 is 2.41 bits per heavy atom. The Morgan fingerprint density at radius 2 is 1.83 bits per heavy atom. The van der Waals surface area contributed by atoms with E-state index in [0.717, 1.165) is 31.0 Å². The molecule has 0 aliphatic carbocycles. The minimum Gasteiger partial charge on any atom is -0.463 e. The van der Waals surface area contributed by atoms with E-state index in [1.54, 1.807) is 13.0 Å². The van der Waals surface area contributed by atoms with Crippen LogP contribution in [0.1, 0.15) is 30.9 Å². The summed E-state index contributed by atoms with van der Waals surface area (Å²) in [5.41, 5.74) is 1.25. The zero-order chi connectivity index (χ0) is 20.0. The Morgan fingerprint density at radius 1 is 1.14 bits per heavy atom. The minimum atomic E-state index is -1.12. The molecule has 0 radical (unpaired) electrons. The van der Waals surface area contributed by atoms with Crippen LogP contribution in [0.2, 0.25) is 0 Å². The maximum Gasteiger partial charge on any atom is 0.191 e. The number of benzene rings is 1. The van der Waals surface area contributed by atoms with Crippen molar-refractivity contribution in [2.45, 2.75) is 32.9 Å². The lowest BCUT2D eigenvalue weighted by atomic mass is 10.0. The molecule has 0 saturated heterocycles. The van der Waals surface area contributed by atoms with E-state index in [4.69, 9.17) is 4.42 Å². The van der Waals surface area contributed by atoms with Crippen LogP contribution in [0.25, 0.3) is 0 Å². The van der Waals surface area contributed by atoms with Gasteiger partial charge >= 0.3 is 0 Å². The van der Waals surface area contributed by atoms with Crippen LogP contribution in [0, 0.1) is 6.92 Å². The predicted octanol–water partition coefficient (Wildman–Crippen LogP) is 3.55. The summed E-state index contributed by atoms with van der Waals surface area (Å²) >= 11 is 0. The summed E-state index contributed by atoms with van der Waals surface area (Å²) in [5.74, 6) is 1.99. The average molecular weight is 510 g/mol. The fourth-order valence-corrected chi connectivity index (χ4v) is 3.08. The second kappa shape index (κ2) is 10.7. The molecule has 1 aromatic carbocycles. The summed E-state index contributed by atoms with van der Waals surface area (Å²) in [5, 5.41) is 17.1. The molecule has 0 amide bonds. The Bertz CT molecular complexity index is 820. The van der Waals surface area contributed by atoms with Crippen molar-refractivity contribution in [3.63, 3.8) is 0 Å². The Hall–Kier alpha value is -2.00. The van der Waals surface area contributed by atoms with Gasteiger partial charge in [0.1, 0.15) is 17.1 Å². The molecule has 2 aromatic rings. The molecule has 0 bridgehead atoms. The molecule has 0 fully saturated rings. The van der Waals surface area contributed by atoms with Crippen LogP contribution >= 0.6 is 24.0 Å². The number of nitrogens with zero attached hydrogens (tertiary/aromatic N) is 2. The van der Waals surface area contributed by atoms with E-state index in [1.165, 1.54) is 5.69 Å². The third-order valence-electron chi connectivity index (χ3n) is 4.75. The first-order valence-corrected chi connectivity index (χ1v) is 9.78. The van der Waals surface area contributed by atoms with Crippen molar-refractivity contribution in [2.24, 2.45) is 4.99 Å². The van der Waals surface area contributed by atoms with E-state index < -0.39 is 5.60 Å². The summed E-state index contributed by atoms with van der Waals surface area (Å²) in [6.45, 7) is 9.17. The van der Waals surface area contributed by atoms with Crippen LogP contribution in [0.3, 0.4) is 0 Å². The highest BCUT2D eigenvalue weighted by Gasteiger charge is 2.27. The molecule has 1 aliphatic heterocycles. The maximum atomic E-state index is 10.7. The highest BCUT2D eigenvalue weighted by molar-refractivity contribution is 14.0. The third-order valence-corrected chi connectivity index (χ3v) is 4.75. The van der Waals surface area contributed by atoms with Crippen LogP contribution < -0.4 is 15.5 Å². The summed E-state index contributed by atoms with van der Waals surface area (Å²) in [6.07, 6.45) is 4.37. The molecule has 1 unspecified atom stereocenters. The Kier molecular flexibility index (Phi) is 8.58. The molecule has 3 rings (SSSR count). The van der Waals surface area contributed by atoms with Crippen molar-refractivity contribution in [2.75, 3.05) is 31.1 Å². The number of hydrogen-bond acceptors (Lipinski definition) is 4. The van der Waals surface area contributed by atoms with E-state index >= 15 is 0 Å². The van der Waals surface area contributed by atoms with Gasteiger partial charge in [-0.15, -0.1) is 24.0 Å². The van der Waals surface area contributed by atoms with Gasteiger partial charge < -0.3 is 25.1 Å². The molecule has 1 atom stereocenters. The molecule has 0 spiro atoms. The second-order valence-electron chi connectivity index (χ2n) is 7.28. The predicted molar refractivity (Wildman–Crippen MR) is 129 cm³/mol. The number of anilines is 1. The van der Waals surface area contributed by atoms with E-state index in [1.807, 2.05) is 19.9 Å². The van der Waals surface area contributed by atoms with Crippen LogP contribution in [0.4, 0.5) is 5.69 Å². The summed E-state index contributed by atoms with van der Waals surface area (Å²) in [4.78, 5) is 6.96. The number of aliphatic imine (C=N–C) groups is 1. The van der Waals surface area contributed by atoms with Crippen molar-refractivity contribution in [3.8, 4) is 0 Å². The molecule has 0 saturated carbocycles. The molecular weight excluding hydrogens is 479 g/mol. The standard InChI is InChI=1S/C22H30N4O2.HI/c1-4-23-21(25-16-22(3,27)20-12-7-17(2)28-20)24-15-18-8-10-19(11-9-18)26-13-5-6-14-26;/h5-12,27H,4,13-16H2,1-3H3,(H2,23,24,25);1H. The monoisotopic (exact) mass is 510 g/mol. The lowest BCUT2D eigenvalue weighted by molar-refractivity contribution is 0.0378. The highest BCUT2D eigenvalue weighted by atomic mass is 127. The number of halogens is 1.